The molecule has 0 aliphatic heterocycles. The number of unbranched alkanes of at least 4 members (excludes halogenated alkanes) is 1. The Kier molecular flexibility index (Phi) is 6.71. The maximum atomic E-state index is 13.1. The molecule has 0 aromatic rings. The summed E-state index contributed by atoms with van der Waals surface area (Å²) >= 11 is 0. The van der Waals surface area contributed by atoms with E-state index in [-0.39, 0.29) is 18.4 Å². The number of nitrogens with one attached hydrogen (secondary N) is 1. The predicted molar refractivity (Wildman–Crippen MR) is 71.7 cm³/mol. The molecule has 0 radical (unpaired) electrons. The fourth-order valence-corrected chi connectivity index (χ4v) is 3.20. The van der Waals surface area contributed by atoms with Gasteiger partial charge in [-0.05, 0) is 38.1 Å². The van der Waals surface area contributed by atoms with Crippen LogP contribution in [0.15, 0.2) is 0 Å². The lowest BCUT2D eigenvalue weighted by atomic mass is 9.73. The zero-order valence-electron chi connectivity index (χ0n) is 11.6. The van der Waals surface area contributed by atoms with Gasteiger partial charge in [0.2, 0.25) is 0 Å². The summed E-state index contributed by atoms with van der Waals surface area (Å²) < 4.78 is 39.4. The Morgan fingerprint density at radius 2 is 2.00 bits per heavy atom. The summed E-state index contributed by atoms with van der Waals surface area (Å²) in [6, 6.07) is -0.0507. The van der Waals surface area contributed by atoms with E-state index in [9.17, 15) is 13.2 Å². The van der Waals surface area contributed by atoms with Crippen molar-refractivity contribution in [2.45, 2.75) is 64.1 Å². The summed E-state index contributed by atoms with van der Waals surface area (Å²) in [5, 5.41) is 3.24. The molecule has 0 bridgehead atoms. The molecule has 4 heteroatoms. The second-order valence-corrected chi connectivity index (χ2v) is 5.36. The number of terminal acetylenes is 1. The van der Waals surface area contributed by atoms with Crippen LogP contribution in [0.25, 0.3) is 0 Å². The largest absolute Gasteiger partial charge is 0.392 e. The van der Waals surface area contributed by atoms with E-state index in [1.54, 1.807) is 0 Å². The molecule has 1 aliphatic rings. The van der Waals surface area contributed by atoms with Crippen molar-refractivity contribution in [3.8, 4) is 12.3 Å². The predicted octanol–water partition coefficient (Wildman–Crippen LogP) is 4.14. The molecular formula is C15H24F3N. The van der Waals surface area contributed by atoms with Crippen molar-refractivity contribution in [3.05, 3.63) is 0 Å². The average Bonchev–Trinajstić information content (AvgIpc) is 2.37. The molecule has 1 saturated carbocycles. The minimum Gasteiger partial charge on any atom is -0.314 e. The van der Waals surface area contributed by atoms with Gasteiger partial charge in [-0.25, -0.2) is 0 Å². The van der Waals surface area contributed by atoms with Crippen LogP contribution in [0.3, 0.4) is 0 Å². The SMILES string of the molecule is C#CCCCC(NCC)C1CCCCC1C(F)(F)F. The van der Waals surface area contributed by atoms with Crippen molar-refractivity contribution in [2.75, 3.05) is 6.54 Å². The lowest BCUT2D eigenvalue weighted by Gasteiger charge is -2.38. The van der Waals surface area contributed by atoms with Crippen molar-refractivity contribution in [3.63, 3.8) is 0 Å². The standard InChI is InChI=1S/C15H24F3N/c1-3-5-6-11-14(19-4-2)12-9-7-8-10-13(12)15(16,17)18/h1,12-14,19H,4-11H2,2H3. The van der Waals surface area contributed by atoms with Crippen molar-refractivity contribution in [1.82, 2.24) is 5.32 Å². The van der Waals surface area contributed by atoms with Crippen LogP contribution in [0.2, 0.25) is 0 Å². The monoisotopic (exact) mass is 275 g/mol. The molecule has 1 nitrogen and oxygen atoms in total. The highest BCUT2D eigenvalue weighted by Crippen LogP contribution is 2.43. The number of rotatable bonds is 6. The lowest BCUT2D eigenvalue weighted by Crippen LogP contribution is -2.45. The Bertz CT molecular complexity index is 293. The van der Waals surface area contributed by atoms with Crippen molar-refractivity contribution >= 4 is 0 Å². The Morgan fingerprint density at radius 3 is 2.58 bits per heavy atom. The molecule has 3 unspecified atom stereocenters. The Morgan fingerprint density at radius 1 is 1.32 bits per heavy atom. The van der Waals surface area contributed by atoms with E-state index in [1.165, 1.54) is 0 Å². The van der Waals surface area contributed by atoms with Crippen LogP contribution in [0.4, 0.5) is 13.2 Å². The molecule has 19 heavy (non-hydrogen) atoms. The summed E-state index contributed by atoms with van der Waals surface area (Å²) in [5.74, 6) is 1.13. The van der Waals surface area contributed by atoms with Gasteiger partial charge in [0.1, 0.15) is 0 Å². The third-order valence-electron chi connectivity index (χ3n) is 4.06. The highest BCUT2D eigenvalue weighted by atomic mass is 19.4. The number of alkyl halides is 3. The molecule has 3 atom stereocenters. The molecule has 0 heterocycles. The number of hydrogen-bond acceptors (Lipinski definition) is 1. The quantitative estimate of drug-likeness (QED) is 0.567. The van der Waals surface area contributed by atoms with Crippen LogP contribution in [0, 0.1) is 24.2 Å². The second kappa shape index (κ2) is 7.79. The van der Waals surface area contributed by atoms with Crippen LogP contribution in [0.1, 0.15) is 51.9 Å². The topological polar surface area (TPSA) is 12.0 Å². The van der Waals surface area contributed by atoms with Gasteiger partial charge in [0, 0.05) is 12.5 Å². The van der Waals surface area contributed by atoms with Gasteiger partial charge in [-0.1, -0.05) is 19.8 Å². The van der Waals surface area contributed by atoms with Gasteiger partial charge in [0.15, 0.2) is 0 Å². The molecular weight excluding hydrogens is 251 g/mol. The zero-order chi connectivity index (χ0) is 14.3. The Hall–Kier alpha value is -0.690. The van der Waals surface area contributed by atoms with Crippen molar-refractivity contribution in [1.29, 1.82) is 0 Å². The van der Waals surface area contributed by atoms with Crippen LogP contribution >= 0.6 is 0 Å². The van der Waals surface area contributed by atoms with Gasteiger partial charge in [-0.15, -0.1) is 12.3 Å². The third kappa shape index (κ3) is 5.06. The minimum absolute atomic E-state index is 0.0507. The van der Waals surface area contributed by atoms with E-state index in [2.05, 4.69) is 11.2 Å². The molecule has 1 fully saturated rings. The van der Waals surface area contributed by atoms with Gasteiger partial charge in [-0.2, -0.15) is 13.2 Å². The minimum atomic E-state index is -4.06. The van der Waals surface area contributed by atoms with Crippen LogP contribution in [0.5, 0.6) is 0 Å². The van der Waals surface area contributed by atoms with E-state index < -0.39 is 12.1 Å². The summed E-state index contributed by atoms with van der Waals surface area (Å²) in [4.78, 5) is 0. The first kappa shape index (κ1) is 16.4. The van der Waals surface area contributed by atoms with Gasteiger partial charge >= 0.3 is 6.18 Å². The van der Waals surface area contributed by atoms with Gasteiger partial charge in [0.05, 0.1) is 5.92 Å². The zero-order valence-corrected chi connectivity index (χ0v) is 11.6. The molecule has 0 amide bonds. The van der Waals surface area contributed by atoms with Crippen LogP contribution in [-0.4, -0.2) is 18.8 Å². The highest BCUT2D eigenvalue weighted by molar-refractivity contribution is 4.90. The summed E-state index contributed by atoms with van der Waals surface area (Å²) in [7, 11) is 0. The van der Waals surface area contributed by atoms with Crippen molar-refractivity contribution < 1.29 is 13.2 Å². The fourth-order valence-electron chi connectivity index (χ4n) is 3.20. The average molecular weight is 275 g/mol. The Labute approximate surface area is 114 Å². The summed E-state index contributed by atoms with van der Waals surface area (Å²) in [6.45, 7) is 2.65. The maximum Gasteiger partial charge on any atom is 0.392 e. The summed E-state index contributed by atoms with van der Waals surface area (Å²) in [6.07, 6.45) is 5.91. The normalized spacial score (nSPS) is 25.8. The third-order valence-corrected chi connectivity index (χ3v) is 4.06. The molecule has 0 aromatic heterocycles. The lowest BCUT2D eigenvalue weighted by molar-refractivity contribution is -0.199. The molecule has 110 valence electrons. The van der Waals surface area contributed by atoms with E-state index in [0.29, 0.717) is 25.8 Å². The molecule has 0 saturated heterocycles. The highest BCUT2D eigenvalue weighted by Gasteiger charge is 2.47. The second-order valence-electron chi connectivity index (χ2n) is 5.36. The molecule has 1 rings (SSSR count). The van der Waals surface area contributed by atoms with E-state index in [1.807, 2.05) is 6.92 Å². The fraction of sp³-hybridized carbons (Fsp3) is 0.867. The van der Waals surface area contributed by atoms with Crippen LogP contribution < -0.4 is 5.32 Å². The smallest absolute Gasteiger partial charge is 0.314 e. The summed E-state index contributed by atoms with van der Waals surface area (Å²) in [5.41, 5.74) is 0. The van der Waals surface area contributed by atoms with Crippen molar-refractivity contribution in [2.24, 2.45) is 11.8 Å². The van der Waals surface area contributed by atoms with Gasteiger partial charge in [-0.3, -0.25) is 0 Å². The molecule has 1 N–H and O–H groups in total. The van der Waals surface area contributed by atoms with E-state index in [0.717, 1.165) is 19.3 Å². The first-order valence-electron chi connectivity index (χ1n) is 7.24. The van der Waals surface area contributed by atoms with Gasteiger partial charge in [0.25, 0.3) is 0 Å². The molecule has 0 aromatic carbocycles. The first-order valence-corrected chi connectivity index (χ1v) is 7.24. The van der Waals surface area contributed by atoms with E-state index in [4.69, 9.17) is 6.42 Å². The number of hydrogen-bond donors (Lipinski definition) is 1. The first-order chi connectivity index (χ1) is 9.00. The van der Waals surface area contributed by atoms with Crippen LogP contribution in [-0.2, 0) is 0 Å². The van der Waals surface area contributed by atoms with Gasteiger partial charge < -0.3 is 5.32 Å². The Balaban J connectivity index is 2.70. The molecule has 1 aliphatic carbocycles. The molecule has 0 spiro atoms. The maximum absolute atomic E-state index is 13.1. The van der Waals surface area contributed by atoms with E-state index >= 15 is 0 Å². The number of halogens is 3.